The summed E-state index contributed by atoms with van der Waals surface area (Å²) in [6.45, 7) is 5.66. The zero-order valence-corrected chi connectivity index (χ0v) is 7.71. The second kappa shape index (κ2) is 4.45. The fraction of sp³-hybridized carbons (Fsp3) is 0.182. The maximum atomic E-state index is 10.9. The highest BCUT2D eigenvalue weighted by Crippen LogP contribution is 2.04. The highest BCUT2D eigenvalue weighted by molar-refractivity contribution is 5.90. The van der Waals surface area contributed by atoms with Gasteiger partial charge < -0.3 is 5.32 Å². The minimum atomic E-state index is -0.0544. The number of hydrogen-bond acceptors (Lipinski definition) is 1. The lowest BCUT2D eigenvalue weighted by Gasteiger charge is -2.08. The van der Waals surface area contributed by atoms with Gasteiger partial charge in [-0.15, -0.1) is 0 Å². The van der Waals surface area contributed by atoms with Crippen LogP contribution in [0.1, 0.15) is 13.3 Å². The third-order valence-electron chi connectivity index (χ3n) is 1.57. The second-order valence-electron chi connectivity index (χ2n) is 2.99. The third-order valence-corrected chi connectivity index (χ3v) is 1.57. The summed E-state index contributed by atoms with van der Waals surface area (Å²) < 4.78 is 0. The molecule has 0 bridgehead atoms. The largest absolute Gasteiger partial charge is 0.326 e. The zero-order valence-electron chi connectivity index (χ0n) is 7.71. The number of carbonyl (C=O) groups excluding carboxylic acids is 1. The molecular formula is C11H13NO. The molecule has 0 radical (unpaired) electrons. The minimum Gasteiger partial charge on any atom is -0.326 e. The molecule has 0 saturated heterocycles. The maximum Gasteiger partial charge on any atom is 0.247 e. The van der Waals surface area contributed by atoms with E-state index in [4.69, 9.17) is 0 Å². The van der Waals surface area contributed by atoms with Crippen LogP contribution in [0, 0.1) is 0 Å². The van der Waals surface area contributed by atoms with E-state index in [9.17, 15) is 4.79 Å². The Morgan fingerprint density at radius 1 is 1.69 bits per heavy atom. The molecule has 1 aliphatic rings. The van der Waals surface area contributed by atoms with Crippen molar-refractivity contribution in [3.05, 3.63) is 48.2 Å². The molecule has 2 nitrogen and oxygen atoms in total. The van der Waals surface area contributed by atoms with Gasteiger partial charge in [0.15, 0.2) is 0 Å². The molecule has 1 amide bonds. The van der Waals surface area contributed by atoms with Crippen LogP contribution < -0.4 is 5.32 Å². The Bertz CT molecular complexity index is 308. The molecular weight excluding hydrogens is 162 g/mol. The summed E-state index contributed by atoms with van der Waals surface area (Å²) in [5, 5.41) is 2.74. The highest BCUT2D eigenvalue weighted by atomic mass is 16.1. The number of allylic oxidation sites excluding steroid dienone is 5. The standard InChI is InChI=1S/C11H13NO/c1-9(2)5-3-6-10-7-4-8-11(13)12-10/h3-6,8H,1,7H2,2H3,(H,12,13)/b5-3-,10-6+. The lowest BCUT2D eigenvalue weighted by Crippen LogP contribution is -2.22. The van der Waals surface area contributed by atoms with E-state index in [-0.39, 0.29) is 5.91 Å². The summed E-state index contributed by atoms with van der Waals surface area (Å²) in [4.78, 5) is 10.9. The first-order chi connectivity index (χ1) is 6.18. The normalized spacial score (nSPS) is 19.5. The lowest BCUT2D eigenvalue weighted by atomic mass is 10.2. The molecule has 68 valence electrons. The Balaban J connectivity index is 2.58. The number of hydrogen-bond donors (Lipinski definition) is 1. The van der Waals surface area contributed by atoms with Crippen molar-refractivity contribution >= 4 is 5.91 Å². The van der Waals surface area contributed by atoms with Gasteiger partial charge in [-0.25, -0.2) is 0 Å². The van der Waals surface area contributed by atoms with Crippen molar-refractivity contribution in [2.24, 2.45) is 0 Å². The van der Waals surface area contributed by atoms with Crippen LogP contribution >= 0.6 is 0 Å². The Kier molecular flexibility index (Phi) is 3.26. The van der Waals surface area contributed by atoms with Crippen LogP contribution in [0.4, 0.5) is 0 Å². The van der Waals surface area contributed by atoms with Crippen molar-refractivity contribution in [3.8, 4) is 0 Å². The van der Waals surface area contributed by atoms with Crippen molar-refractivity contribution in [3.63, 3.8) is 0 Å². The van der Waals surface area contributed by atoms with Crippen molar-refractivity contribution in [2.45, 2.75) is 13.3 Å². The van der Waals surface area contributed by atoms with Gasteiger partial charge in [0.05, 0.1) is 0 Å². The average molecular weight is 175 g/mol. The number of carbonyl (C=O) groups is 1. The predicted molar refractivity (Wildman–Crippen MR) is 53.9 cm³/mol. The Hall–Kier alpha value is -1.57. The molecule has 0 aromatic heterocycles. The zero-order chi connectivity index (χ0) is 9.68. The van der Waals surface area contributed by atoms with Gasteiger partial charge in [-0.05, 0) is 19.1 Å². The first-order valence-electron chi connectivity index (χ1n) is 4.19. The Morgan fingerprint density at radius 3 is 3.08 bits per heavy atom. The topological polar surface area (TPSA) is 29.1 Å². The van der Waals surface area contributed by atoms with E-state index in [1.807, 2.05) is 31.2 Å². The summed E-state index contributed by atoms with van der Waals surface area (Å²) in [6.07, 6.45) is 9.84. The Labute approximate surface area is 78.3 Å². The monoisotopic (exact) mass is 175 g/mol. The van der Waals surface area contributed by atoms with Crippen LogP contribution in [0.25, 0.3) is 0 Å². The SMILES string of the molecule is C=C(C)/C=C\C=C1/CC=CC(=O)N1. The molecule has 0 atom stereocenters. The fourth-order valence-corrected chi connectivity index (χ4v) is 0.982. The van der Waals surface area contributed by atoms with Gasteiger partial charge >= 0.3 is 0 Å². The summed E-state index contributed by atoms with van der Waals surface area (Å²) >= 11 is 0. The van der Waals surface area contributed by atoms with E-state index in [0.29, 0.717) is 0 Å². The van der Waals surface area contributed by atoms with Crippen LogP contribution in [0.15, 0.2) is 48.2 Å². The summed E-state index contributed by atoms with van der Waals surface area (Å²) in [5.74, 6) is -0.0544. The number of rotatable bonds is 2. The first kappa shape index (κ1) is 9.52. The summed E-state index contributed by atoms with van der Waals surface area (Å²) in [6, 6.07) is 0. The van der Waals surface area contributed by atoms with Gasteiger partial charge in [-0.3, -0.25) is 4.79 Å². The average Bonchev–Trinajstić information content (AvgIpc) is 2.03. The predicted octanol–water partition coefficient (Wildman–Crippen LogP) is 2.08. The van der Waals surface area contributed by atoms with Crippen molar-refractivity contribution in [1.82, 2.24) is 5.32 Å². The van der Waals surface area contributed by atoms with Gasteiger partial charge in [0.25, 0.3) is 0 Å². The smallest absolute Gasteiger partial charge is 0.247 e. The summed E-state index contributed by atoms with van der Waals surface area (Å²) in [7, 11) is 0. The van der Waals surface area contributed by atoms with Crippen LogP contribution in [-0.2, 0) is 4.79 Å². The van der Waals surface area contributed by atoms with Crippen LogP contribution in [-0.4, -0.2) is 5.91 Å². The summed E-state index contributed by atoms with van der Waals surface area (Å²) in [5.41, 5.74) is 1.92. The van der Waals surface area contributed by atoms with Gasteiger partial charge in [0.1, 0.15) is 0 Å². The van der Waals surface area contributed by atoms with Crippen molar-refractivity contribution in [2.75, 3.05) is 0 Å². The Morgan fingerprint density at radius 2 is 2.46 bits per heavy atom. The van der Waals surface area contributed by atoms with E-state index >= 15 is 0 Å². The number of amides is 1. The molecule has 0 aliphatic carbocycles. The molecule has 2 heteroatoms. The quantitative estimate of drug-likeness (QED) is 0.639. The fourth-order valence-electron chi connectivity index (χ4n) is 0.982. The number of nitrogens with one attached hydrogen (secondary N) is 1. The van der Waals surface area contributed by atoms with Crippen LogP contribution in [0.3, 0.4) is 0 Å². The van der Waals surface area contributed by atoms with E-state index in [1.54, 1.807) is 6.08 Å². The molecule has 0 aromatic rings. The first-order valence-corrected chi connectivity index (χ1v) is 4.19. The molecule has 0 saturated carbocycles. The highest BCUT2D eigenvalue weighted by Gasteiger charge is 2.03. The van der Waals surface area contributed by atoms with Crippen molar-refractivity contribution < 1.29 is 4.79 Å². The molecule has 13 heavy (non-hydrogen) atoms. The maximum absolute atomic E-state index is 10.9. The molecule has 1 aliphatic heterocycles. The van der Waals surface area contributed by atoms with Gasteiger partial charge in [0, 0.05) is 12.1 Å². The third kappa shape index (κ3) is 3.56. The molecule has 0 fully saturated rings. The van der Waals surface area contributed by atoms with Crippen molar-refractivity contribution in [1.29, 1.82) is 0 Å². The van der Waals surface area contributed by atoms with Gasteiger partial charge in [-0.2, -0.15) is 0 Å². The van der Waals surface area contributed by atoms with Gasteiger partial charge in [-0.1, -0.05) is 30.4 Å². The van der Waals surface area contributed by atoms with E-state index in [0.717, 1.165) is 17.7 Å². The molecule has 0 unspecified atom stereocenters. The minimum absolute atomic E-state index is 0.0544. The molecule has 1 rings (SSSR count). The van der Waals surface area contributed by atoms with Crippen LogP contribution in [0.5, 0.6) is 0 Å². The molecule has 0 aromatic carbocycles. The molecule has 1 N–H and O–H groups in total. The second-order valence-corrected chi connectivity index (χ2v) is 2.99. The lowest BCUT2D eigenvalue weighted by molar-refractivity contribution is -0.116. The van der Waals surface area contributed by atoms with Gasteiger partial charge in [0.2, 0.25) is 5.91 Å². The molecule has 0 spiro atoms. The van der Waals surface area contributed by atoms with E-state index in [2.05, 4.69) is 11.9 Å². The van der Waals surface area contributed by atoms with E-state index in [1.165, 1.54) is 0 Å². The van der Waals surface area contributed by atoms with Crippen LogP contribution in [0.2, 0.25) is 0 Å². The molecule has 1 heterocycles. The van der Waals surface area contributed by atoms with E-state index < -0.39 is 0 Å².